The van der Waals surface area contributed by atoms with Crippen LogP contribution >= 0.6 is 0 Å². The van der Waals surface area contributed by atoms with E-state index in [9.17, 15) is 4.79 Å². The molecule has 1 aliphatic rings. The average molecular weight is 299 g/mol. The lowest BCUT2D eigenvalue weighted by atomic mass is 10.0. The number of nitrogens with one attached hydrogen (secondary N) is 1. The minimum atomic E-state index is -0.346. The van der Waals surface area contributed by atoms with E-state index in [1.807, 2.05) is 12.1 Å². The minimum Gasteiger partial charge on any atom is -0.481 e. The molecule has 114 valence electrons. The Hall–Kier alpha value is -2.70. The maximum atomic E-state index is 12.6. The van der Waals surface area contributed by atoms with E-state index in [0.29, 0.717) is 18.4 Å². The zero-order valence-electron chi connectivity index (χ0n) is 12.3. The highest BCUT2D eigenvalue weighted by Crippen LogP contribution is 2.21. The van der Waals surface area contributed by atoms with Crippen LogP contribution in [-0.2, 0) is 4.79 Å². The fraction of sp³-hybridized carbons (Fsp3) is 0.333. The number of methoxy groups -OCH3 is 1. The molecular weight excluding hydrogens is 282 g/mol. The topological polar surface area (TPSA) is 80.2 Å². The van der Waals surface area contributed by atoms with Gasteiger partial charge in [-0.05, 0) is 25.0 Å². The van der Waals surface area contributed by atoms with Crippen molar-refractivity contribution in [2.75, 3.05) is 23.9 Å². The summed E-state index contributed by atoms with van der Waals surface area (Å²) in [5.74, 6) is 0.862. The predicted molar refractivity (Wildman–Crippen MR) is 81.8 cm³/mol. The third kappa shape index (κ3) is 2.98. The molecule has 1 N–H and O–H groups in total. The van der Waals surface area contributed by atoms with Crippen LogP contribution < -0.4 is 15.0 Å². The quantitative estimate of drug-likeness (QED) is 0.921. The number of carbonyl (C=O) groups is 1. The Labute approximate surface area is 128 Å². The highest BCUT2D eigenvalue weighted by Gasteiger charge is 2.30. The van der Waals surface area contributed by atoms with Gasteiger partial charge >= 0.3 is 0 Å². The molecule has 0 radical (unpaired) electrons. The smallest absolute Gasteiger partial charge is 0.249 e. The van der Waals surface area contributed by atoms with Gasteiger partial charge in [-0.2, -0.15) is 4.98 Å². The van der Waals surface area contributed by atoms with E-state index in [2.05, 4.69) is 20.3 Å². The molecule has 1 amide bonds. The molecule has 3 heterocycles. The molecule has 22 heavy (non-hydrogen) atoms. The number of carbonyl (C=O) groups excluding carboxylic acids is 1. The Bertz CT molecular complexity index is 649. The first kappa shape index (κ1) is 14.2. The average Bonchev–Trinajstić information content (AvgIpc) is 2.58. The Morgan fingerprint density at radius 1 is 1.36 bits per heavy atom. The molecule has 0 aromatic carbocycles. The van der Waals surface area contributed by atoms with Crippen molar-refractivity contribution < 1.29 is 9.53 Å². The molecule has 7 nitrogen and oxygen atoms in total. The molecule has 1 aliphatic heterocycles. The summed E-state index contributed by atoms with van der Waals surface area (Å²) in [4.78, 5) is 26.8. The van der Waals surface area contributed by atoms with Crippen molar-refractivity contribution in [1.29, 1.82) is 0 Å². The van der Waals surface area contributed by atoms with Crippen LogP contribution in [0.15, 0.2) is 36.8 Å². The number of hydrogen-bond donors (Lipinski definition) is 1. The summed E-state index contributed by atoms with van der Waals surface area (Å²) < 4.78 is 5.07. The lowest BCUT2D eigenvalue weighted by molar-refractivity contribution is -0.120. The van der Waals surface area contributed by atoms with Gasteiger partial charge in [-0.15, -0.1) is 0 Å². The van der Waals surface area contributed by atoms with Crippen molar-refractivity contribution in [3.63, 3.8) is 0 Å². The van der Waals surface area contributed by atoms with Gasteiger partial charge in [0.1, 0.15) is 6.04 Å². The van der Waals surface area contributed by atoms with Crippen LogP contribution in [0.2, 0.25) is 0 Å². The van der Waals surface area contributed by atoms with E-state index in [1.165, 1.54) is 0 Å². The van der Waals surface area contributed by atoms with E-state index in [1.54, 1.807) is 36.7 Å². The van der Waals surface area contributed by atoms with E-state index in [-0.39, 0.29) is 11.9 Å². The highest BCUT2D eigenvalue weighted by molar-refractivity contribution is 5.99. The van der Waals surface area contributed by atoms with E-state index in [0.717, 1.165) is 18.5 Å². The Balaban J connectivity index is 1.75. The van der Waals surface area contributed by atoms with Crippen LogP contribution in [0.25, 0.3) is 0 Å². The molecule has 1 atom stereocenters. The lowest BCUT2D eigenvalue weighted by Gasteiger charge is -2.32. The van der Waals surface area contributed by atoms with Crippen LogP contribution in [0, 0.1) is 0 Å². The van der Waals surface area contributed by atoms with Gasteiger partial charge in [-0.25, -0.2) is 4.98 Å². The van der Waals surface area contributed by atoms with Gasteiger partial charge < -0.3 is 15.0 Å². The Kier molecular flexibility index (Phi) is 4.13. The molecular formula is C15H17N5O2. The van der Waals surface area contributed by atoms with Crippen molar-refractivity contribution in [2.24, 2.45) is 0 Å². The molecule has 2 aromatic rings. The van der Waals surface area contributed by atoms with Crippen LogP contribution in [0.4, 0.5) is 11.6 Å². The van der Waals surface area contributed by atoms with Gasteiger partial charge in [0.25, 0.3) is 0 Å². The third-order valence-electron chi connectivity index (χ3n) is 3.54. The number of anilines is 2. The SMILES string of the molecule is COc1ccnc(N[C@@H]2CCCN(c3cccnc3)C2=O)n1. The fourth-order valence-corrected chi connectivity index (χ4v) is 2.46. The van der Waals surface area contributed by atoms with E-state index >= 15 is 0 Å². The van der Waals surface area contributed by atoms with Gasteiger partial charge in [-0.1, -0.05) is 0 Å². The third-order valence-corrected chi connectivity index (χ3v) is 3.54. The van der Waals surface area contributed by atoms with Gasteiger partial charge in [-0.3, -0.25) is 9.78 Å². The molecule has 1 fully saturated rings. The number of pyridine rings is 1. The molecule has 2 aromatic heterocycles. The molecule has 3 rings (SSSR count). The summed E-state index contributed by atoms with van der Waals surface area (Å²) in [6.45, 7) is 0.696. The van der Waals surface area contributed by atoms with Crippen LogP contribution in [0.1, 0.15) is 12.8 Å². The van der Waals surface area contributed by atoms with Crippen molar-refractivity contribution in [2.45, 2.75) is 18.9 Å². The van der Waals surface area contributed by atoms with E-state index in [4.69, 9.17) is 4.74 Å². The van der Waals surface area contributed by atoms with Crippen molar-refractivity contribution in [3.05, 3.63) is 36.8 Å². The summed E-state index contributed by atoms with van der Waals surface area (Å²) in [6.07, 6.45) is 6.64. The van der Waals surface area contributed by atoms with Crippen LogP contribution in [-0.4, -0.2) is 40.6 Å². The monoisotopic (exact) mass is 299 g/mol. The molecule has 0 aliphatic carbocycles. The fourth-order valence-electron chi connectivity index (χ4n) is 2.46. The van der Waals surface area contributed by atoms with Crippen molar-refractivity contribution in [1.82, 2.24) is 15.0 Å². The number of rotatable bonds is 4. The number of ether oxygens (including phenoxy) is 1. The predicted octanol–water partition coefficient (Wildman–Crippen LogP) is 1.49. The first-order valence-corrected chi connectivity index (χ1v) is 7.13. The first-order valence-electron chi connectivity index (χ1n) is 7.13. The number of piperidine rings is 1. The maximum Gasteiger partial charge on any atom is 0.249 e. The van der Waals surface area contributed by atoms with Gasteiger partial charge in [0.15, 0.2) is 0 Å². The zero-order chi connectivity index (χ0) is 15.4. The Morgan fingerprint density at radius 2 is 2.27 bits per heavy atom. The molecule has 1 saturated heterocycles. The second kappa shape index (κ2) is 6.38. The van der Waals surface area contributed by atoms with Gasteiger partial charge in [0, 0.05) is 25.0 Å². The number of nitrogens with zero attached hydrogens (tertiary/aromatic N) is 4. The molecule has 0 bridgehead atoms. The normalized spacial score (nSPS) is 18.1. The summed E-state index contributed by atoms with van der Waals surface area (Å²) in [6, 6.07) is 5.02. The summed E-state index contributed by atoms with van der Waals surface area (Å²) in [5.41, 5.74) is 0.811. The molecule has 0 unspecified atom stereocenters. The number of aromatic nitrogens is 3. The summed E-state index contributed by atoms with van der Waals surface area (Å²) in [7, 11) is 1.54. The lowest BCUT2D eigenvalue weighted by Crippen LogP contribution is -2.48. The number of hydrogen-bond acceptors (Lipinski definition) is 6. The van der Waals surface area contributed by atoms with Crippen molar-refractivity contribution >= 4 is 17.5 Å². The van der Waals surface area contributed by atoms with Crippen LogP contribution in [0.5, 0.6) is 5.88 Å². The second-order valence-electron chi connectivity index (χ2n) is 4.96. The van der Waals surface area contributed by atoms with Crippen LogP contribution in [0.3, 0.4) is 0 Å². The van der Waals surface area contributed by atoms with E-state index < -0.39 is 0 Å². The largest absolute Gasteiger partial charge is 0.481 e. The van der Waals surface area contributed by atoms with Gasteiger partial charge in [0.05, 0.1) is 19.0 Å². The second-order valence-corrected chi connectivity index (χ2v) is 4.96. The molecule has 0 saturated carbocycles. The summed E-state index contributed by atoms with van der Waals surface area (Å²) >= 11 is 0. The van der Waals surface area contributed by atoms with Crippen molar-refractivity contribution in [3.8, 4) is 5.88 Å². The Morgan fingerprint density at radius 3 is 3.05 bits per heavy atom. The maximum absolute atomic E-state index is 12.6. The number of amides is 1. The molecule has 7 heteroatoms. The molecule has 0 spiro atoms. The van der Waals surface area contributed by atoms with Gasteiger partial charge in [0.2, 0.25) is 17.7 Å². The minimum absolute atomic E-state index is 0.00525. The summed E-state index contributed by atoms with van der Waals surface area (Å²) in [5, 5.41) is 3.09. The first-order chi connectivity index (χ1) is 10.8. The zero-order valence-corrected chi connectivity index (χ0v) is 12.3. The standard InChI is InChI=1S/C15H17N5O2/c1-22-13-6-8-17-15(19-13)18-12-5-3-9-20(14(12)21)11-4-2-7-16-10-11/h2,4,6-8,10,12H,3,5,9H2,1H3,(H,17,18,19)/t12-/m1/s1. The highest BCUT2D eigenvalue weighted by atomic mass is 16.5.